The predicted octanol–water partition coefficient (Wildman–Crippen LogP) is 1.44. The van der Waals surface area contributed by atoms with E-state index in [1.807, 2.05) is 20.8 Å². The van der Waals surface area contributed by atoms with E-state index in [9.17, 15) is 14.4 Å². The van der Waals surface area contributed by atoms with Gasteiger partial charge in [0, 0.05) is 45.6 Å². The molecule has 0 aromatic rings. The van der Waals surface area contributed by atoms with Gasteiger partial charge in [-0.15, -0.1) is 0 Å². The Hall–Kier alpha value is -1.67. The van der Waals surface area contributed by atoms with Crippen LogP contribution < -0.4 is 16.0 Å². The summed E-state index contributed by atoms with van der Waals surface area (Å²) in [5, 5.41) is 9.02. The molecule has 0 aliphatic carbocycles. The van der Waals surface area contributed by atoms with Crippen molar-refractivity contribution in [2.45, 2.75) is 65.7 Å². The Morgan fingerprint density at radius 3 is 1.83 bits per heavy atom. The van der Waals surface area contributed by atoms with Crippen LogP contribution in [0.4, 0.5) is 0 Å². The lowest BCUT2D eigenvalue weighted by Crippen LogP contribution is -2.36. The Morgan fingerprint density at radius 2 is 1.31 bits per heavy atom. The number of amides is 2. The van der Waals surface area contributed by atoms with Gasteiger partial charge >= 0.3 is 5.97 Å². The van der Waals surface area contributed by atoms with Gasteiger partial charge in [0.25, 0.3) is 0 Å². The van der Waals surface area contributed by atoms with Gasteiger partial charge in [0.05, 0.1) is 13.0 Å². The molecule has 0 aliphatic rings. The Labute approximate surface area is 176 Å². The van der Waals surface area contributed by atoms with Crippen LogP contribution in [0, 0.1) is 0 Å². The number of rotatable bonds is 19. The average Bonchev–Trinajstić information content (AvgIpc) is 2.72. The van der Waals surface area contributed by atoms with Gasteiger partial charge in [-0.2, -0.15) is 0 Å². The van der Waals surface area contributed by atoms with Crippen LogP contribution >= 0.6 is 0 Å². The highest BCUT2D eigenvalue weighted by Gasteiger charge is 2.10. The summed E-state index contributed by atoms with van der Waals surface area (Å²) in [7, 11) is 0. The molecular formula is C21H42N4O4. The topological polar surface area (TPSA) is 99.8 Å². The summed E-state index contributed by atoms with van der Waals surface area (Å²) in [5.41, 5.74) is 0. The first-order valence-electron chi connectivity index (χ1n) is 11.2. The number of ether oxygens (including phenoxy) is 1. The van der Waals surface area contributed by atoms with Gasteiger partial charge in [0.2, 0.25) is 11.8 Å². The van der Waals surface area contributed by atoms with Crippen LogP contribution in [0.2, 0.25) is 0 Å². The van der Waals surface area contributed by atoms with Gasteiger partial charge < -0.3 is 25.6 Å². The molecule has 3 N–H and O–H groups in total. The molecule has 0 unspecified atom stereocenters. The lowest BCUT2D eigenvalue weighted by Gasteiger charge is -2.22. The van der Waals surface area contributed by atoms with Crippen LogP contribution in [0.15, 0.2) is 0 Å². The number of carbonyl (C=O) groups excluding carboxylic acids is 3. The molecule has 0 fully saturated rings. The summed E-state index contributed by atoms with van der Waals surface area (Å²) >= 11 is 0. The summed E-state index contributed by atoms with van der Waals surface area (Å²) in [5.74, 6) is -0.0656. The number of carbonyl (C=O) groups is 3. The van der Waals surface area contributed by atoms with E-state index >= 15 is 0 Å². The summed E-state index contributed by atoms with van der Waals surface area (Å²) in [6, 6.07) is 0. The average molecular weight is 415 g/mol. The third kappa shape index (κ3) is 18.1. The first kappa shape index (κ1) is 27.3. The maximum Gasteiger partial charge on any atom is 0.307 e. The molecule has 8 heteroatoms. The van der Waals surface area contributed by atoms with Crippen molar-refractivity contribution in [1.29, 1.82) is 0 Å². The third-order valence-corrected chi connectivity index (χ3v) is 4.26. The third-order valence-electron chi connectivity index (χ3n) is 4.26. The van der Waals surface area contributed by atoms with Crippen LogP contribution in [0.1, 0.15) is 65.7 Å². The Balaban J connectivity index is 4.13. The van der Waals surface area contributed by atoms with Gasteiger partial charge in [0.1, 0.15) is 0 Å². The molecule has 170 valence electrons. The molecule has 0 bridgehead atoms. The van der Waals surface area contributed by atoms with Crippen molar-refractivity contribution in [1.82, 2.24) is 20.9 Å². The molecule has 0 spiro atoms. The van der Waals surface area contributed by atoms with Gasteiger partial charge in [0.15, 0.2) is 0 Å². The number of hydrogen-bond acceptors (Lipinski definition) is 6. The van der Waals surface area contributed by atoms with Gasteiger partial charge in [-0.05, 0) is 38.8 Å². The molecule has 0 aliphatic heterocycles. The predicted molar refractivity (Wildman–Crippen MR) is 116 cm³/mol. The van der Waals surface area contributed by atoms with Crippen molar-refractivity contribution in [2.75, 3.05) is 52.4 Å². The van der Waals surface area contributed by atoms with E-state index in [2.05, 4.69) is 20.9 Å². The van der Waals surface area contributed by atoms with Crippen molar-refractivity contribution in [3.05, 3.63) is 0 Å². The summed E-state index contributed by atoms with van der Waals surface area (Å²) < 4.78 is 5.04. The van der Waals surface area contributed by atoms with E-state index in [0.29, 0.717) is 58.6 Å². The lowest BCUT2D eigenvalue weighted by atomic mass is 10.2. The molecule has 0 saturated heterocycles. The fourth-order valence-corrected chi connectivity index (χ4v) is 2.59. The lowest BCUT2D eigenvalue weighted by molar-refractivity contribution is -0.143. The zero-order chi connectivity index (χ0) is 21.7. The second-order valence-corrected chi connectivity index (χ2v) is 7.12. The summed E-state index contributed by atoms with van der Waals surface area (Å²) in [4.78, 5) is 37.3. The van der Waals surface area contributed by atoms with Crippen molar-refractivity contribution >= 4 is 17.8 Å². The largest absolute Gasteiger partial charge is 0.466 e. The van der Waals surface area contributed by atoms with Crippen LogP contribution in [0.3, 0.4) is 0 Å². The van der Waals surface area contributed by atoms with Crippen LogP contribution in [-0.2, 0) is 19.1 Å². The second kappa shape index (κ2) is 19.6. The van der Waals surface area contributed by atoms with Crippen LogP contribution in [0.5, 0.6) is 0 Å². The van der Waals surface area contributed by atoms with E-state index < -0.39 is 0 Å². The van der Waals surface area contributed by atoms with Crippen LogP contribution in [0.25, 0.3) is 0 Å². The second-order valence-electron chi connectivity index (χ2n) is 7.12. The van der Waals surface area contributed by atoms with Gasteiger partial charge in [-0.1, -0.05) is 20.8 Å². The minimum Gasteiger partial charge on any atom is -0.466 e. The van der Waals surface area contributed by atoms with E-state index in [-0.39, 0.29) is 17.8 Å². The number of hydrogen-bond donors (Lipinski definition) is 3. The molecule has 0 aromatic heterocycles. The Morgan fingerprint density at radius 1 is 0.724 bits per heavy atom. The molecule has 0 atom stereocenters. The van der Waals surface area contributed by atoms with E-state index in [1.54, 1.807) is 0 Å². The smallest absolute Gasteiger partial charge is 0.307 e. The highest BCUT2D eigenvalue weighted by molar-refractivity contribution is 5.76. The SMILES string of the molecule is CCCNC(=O)CCN(CCCNCCC(=O)OCCC)CCC(=O)NCCC. The summed E-state index contributed by atoms with van der Waals surface area (Å²) in [6.07, 6.45) is 4.81. The zero-order valence-electron chi connectivity index (χ0n) is 18.7. The quantitative estimate of drug-likeness (QED) is 0.218. The highest BCUT2D eigenvalue weighted by atomic mass is 16.5. The monoisotopic (exact) mass is 414 g/mol. The standard InChI is InChI=1S/C21H42N4O4/c1-4-11-23-19(26)9-16-25(17-10-20(27)24-12-5-2)15-7-13-22-14-8-21(28)29-18-6-3/h22H,4-18H2,1-3H3,(H,23,26)(H,24,27). The van der Waals surface area contributed by atoms with E-state index in [1.165, 1.54) is 0 Å². The molecule has 0 aromatic carbocycles. The minimum atomic E-state index is -0.169. The molecule has 0 saturated carbocycles. The maximum atomic E-state index is 11.9. The number of nitrogens with one attached hydrogen (secondary N) is 3. The first-order valence-corrected chi connectivity index (χ1v) is 11.2. The molecule has 0 radical (unpaired) electrons. The molecule has 8 nitrogen and oxygen atoms in total. The Bertz CT molecular complexity index is 422. The molecular weight excluding hydrogens is 372 g/mol. The van der Waals surface area contributed by atoms with Crippen molar-refractivity contribution in [3.63, 3.8) is 0 Å². The fourth-order valence-electron chi connectivity index (χ4n) is 2.59. The molecule has 0 heterocycles. The van der Waals surface area contributed by atoms with E-state index in [4.69, 9.17) is 4.74 Å². The first-order chi connectivity index (χ1) is 14.0. The summed E-state index contributed by atoms with van der Waals surface area (Å²) in [6.45, 7) is 11.4. The highest BCUT2D eigenvalue weighted by Crippen LogP contribution is 1.98. The van der Waals surface area contributed by atoms with Crippen LogP contribution in [-0.4, -0.2) is 75.1 Å². The molecule has 29 heavy (non-hydrogen) atoms. The normalized spacial score (nSPS) is 10.8. The molecule has 0 rings (SSSR count). The zero-order valence-corrected chi connectivity index (χ0v) is 18.7. The number of esters is 1. The Kier molecular flexibility index (Phi) is 18.5. The van der Waals surface area contributed by atoms with Gasteiger partial charge in [-0.25, -0.2) is 0 Å². The fraction of sp³-hybridized carbons (Fsp3) is 0.857. The minimum absolute atomic E-state index is 0.0519. The van der Waals surface area contributed by atoms with Crippen molar-refractivity contribution in [3.8, 4) is 0 Å². The van der Waals surface area contributed by atoms with E-state index in [0.717, 1.165) is 38.8 Å². The maximum absolute atomic E-state index is 11.9. The van der Waals surface area contributed by atoms with Crippen molar-refractivity contribution in [2.24, 2.45) is 0 Å². The number of nitrogens with zero attached hydrogens (tertiary/aromatic N) is 1. The molecule has 2 amide bonds. The van der Waals surface area contributed by atoms with Gasteiger partial charge in [-0.3, -0.25) is 14.4 Å². The van der Waals surface area contributed by atoms with Crippen molar-refractivity contribution < 1.29 is 19.1 Å².